The maximum atomic E-state index is 13.7. The van der Waals surface area contributed by atoms with Crippen LogP contribution < -0.4 is 5.73 Å². The fraction of sp³-hybridized carbons (Fsp3) is 0.188. The van der Waals surface area contributed by atoms with E-state index in [-0.39, 0.29) is 29.9 Å². The van der Waals surface area contributed by atoms with Crippen LogP contribution in [0.5, 0.6) is 0 Å². The average Bonchev–Trinajstić information content (AvgIpc) is 2.50. The van der Waals surface area contributed by atoms with Crippen molar-refractivity contribution in [3.63, 3.8) is 0 Å². The predicted octanol–water partition coefficient (Wildman–Crippen LogP) is 2.60. The molecule has 2 N–H and O–H groups in total. The normalized spacial score (nSPS) is 10.8. The molecular formula is C16H15F2N3O3. The van der Waals surface area contributed by atoms with Crippen LogP contribution in [0.15, 0.2) is 36.4 Å². The molecule has 0 saturated carbocycles. The van der Waals surface area contributed by atoms with Crippen molar-refractivity contribution >= 4 is 11.6 Å². The lowest BCUT2D eigenvalue weighted by Crippen LogP contribution is -2.19. The highest BCUT2D eigenvalue weighted by Gasteiger charge is 2.18. The molecule has 8 heteroatoms. The third-order valence-electron chi connectivity index (χ3n) is 3.46. The van der Waals surface area contributed by atoms with Gasteiger partial charge in [0, 0.05) is 41.9 Å². The molecular weight excluding hydrogens is 320 g/mol. The van der Waals surface area contributed by atoms with Crippen LogP contribution in [0.1, 0.15) is 21.5 Å². The Morgan fingerprint density at radius 1 is 1.17 bits per heavy atom. The Bertz CT molecular complexity index is 796. The van der Waals surface area contributed by atoms with Gasteiger partial charge in [0.1, 0.15) is 11.6 Å². The number of rotatable bonds is 6. The monoisotopic (exact) mass is 335 g/mol. The molecule has 0 heterocycles. The first-order chi connectivity index (χ1) is 11.3. The van der Waals surface area contributed by atoms with Crippen molar-refractivity contribution in [3.05, 3.63) is 74.8 Å². The lowest BCUT2D eigenvalue weighted by atomic mass is 10.1. The van der Waals surface area contributed by atoms with E-state index in [1.807, 2.05) is 0 Å². The summed E-state index contributed by atoms with van der Waals surface area (Å²) in [4.78, 5) is 23.3. The summed E-state index contributed by atoms with van der Waals surface area (Å²) < 4.78 is 26.6. The topological polar surface area (TPSA) is 89.5 Å². The number of nitro benzene ring substituents is 1. The van der Waals surface area contributed by atoms with Gasteiger partial charge in [-0.3, -0.25) is 19.8 Å². The third-order valence-corrected chi connectivity index (χ3v) is 3.46. The average molecular weight is 335 g/mol. The van der Waals surface area contributed by atoms with Gasteiger partial charge in [-0.15, -0.1) is 0 Å². The van der Waals surface area contributed by atoms with Gasteiger partial charge in [-0.2, -0.15) is 0 Å². The molecule has 24 heavy (non-hydrogen) atoms. The van der Waals surface area contributed by atoms with E-state index in [9.17, 15) is 23.7 Å². The van der Waals surface area contributed by atoms with Crippen LogP contribution in [-0.4, -0.2) is 22.8 Å². The van der Waals surface area contributed by atoms with Crippen molar-refractivity contribution < 1.29 is 18.5 Å². The molecule has 2 aromatic rings. The zero-order valence-corrected chi connectivity index (χ0v) is 12.8. The van der Waals surface area contributed by atoms with E-state index < -0.39 is 22.5 Å². The SMILES string of the molecule is CN(Cc1ccc(F)cc1F)Cc1ccc(C(N)=O)cc1[N+](=O)[O-]. The van der Waals surface area contributed by atoms with E-state index in [1.165, 1.54) is 18.2 Å². The number of primary amides is 1. The van der Waals surface area contributed by atoms with E-state index in [1.54, 1.807) is 11.9 Å². The Morgan fingerprint density at radius 3 is 2.38 bits per heavy atom. The summed E-state index contributed by atoms with van der Waals surface area (Å²) in [7, 11) is 1.65. The van der Waals surface area contributed by atoms with Gasteiger partial charge >= 0.3 is 0 Å². The minimum atomic E-state index is -0.758. The number of nitrogens with two attached hydrogens (primary N) is 1. The van der Waals surface area contributed by atoms with Crippen LogP contribution in [0.2, 0.25) is 0 Å². The summed E-state index contributed by atoms with van der Waals surface area (Å²) in [5, 5.41) is 11.2. The third kappa shape index (κ3) is 4.11. The van der Waals surface area contributed by atoms with Crippen molar-refractivity contribution in [1.82, 2.24) is 4.90 Å². The molecule has 2 aromatic carbocycles. The fourth-order valence-electron chi connectivity index (χ4n) is 2.31. The number of nitro groups is 1. The van der Waals surface area contributed by atoms with Gasteiger partial charge in [0.2, 0.25) is 5.91 Å². The van der Waals surface area contributed by atoms with Gasteiger partial charge in [0.15, 0.2) is 0 Å². The van der Waals surface area contributed by atoms with Gasteiger partial charge in [-0.1, -0.05) is 12.1 Å². The molecule has 0 bridgehead atoms. The van der Waals surface area contributed by atoms with Crippen molar-refractivity contribution in [1.29, 1.82) is 0 Å². The van der Waals surface area contributed by atoms with Gasteiger partial charge < -0.3 is 5.73 Å². The van der Waals surface area contributed by atoms with Crippen LogP contribution in [0.4, 0.5) is 14.5 Å². The second-order valence-corrected chi connectivity index (χ2v) is 5.37. The molecule has 0 unspecified atom stereocenters. The summed E-state index contributed by atoms with van der Waals surface area (Å²) in [6, 6.07) is 7.21. The van der Waals surface area contributed by atoms with Crippen LogP contribution in [0, 0.1) is 21.7 Å². The van der Waals surface area contributed by atoms with Crippen LogP contribution in [-0.2, 0) is 13.1 Å². The summed E-state index contributed by atoms with van der Waals surface area (Å²) in [6.45, 7) is 0.285. The standard InChI is InChI=1S/C16H15F2N3O3/c1-20(8-11-4-5-13(17)7-14(11)18)9-12-3-2-10(16(19)22)6-15(12)21(23)24/h2-7H,8-9H2,1H3,(H2,19,22). The zero-order valence-electron chi connectivity index (χ0n) is 12.8. The van der Waals surface area contributed by atoms with Crippen molar-refractivity contribution in [2.24, 2.45) is 5.73 Å². The molecule has 6 nitrogen and oxygen atoms in total. The molecule has 0 aliphatic rings. The first-order valence-corrected chi connectivity index (χ1v) is 6.97. The first-order valence-electron chi connectivity index (χ1n) is 6.97. The van der Waals surface area contributed by atoms with Gasteiger partial charge in [0.05, 0.1) is 4.92 Å². The molecule has 0 spiro atoms. The Labute approximate surface area is 136 Å². The molecule has 0 aliphatic heterocycles. The zero-order chi connectivity index (χ0) is 17.9. The van der Waals surface area contributed by atoms with Crippen molar-refractivity contribution in [3.8, 4) is 0 Å². The molecule has 2 rings (SSSR count). The Kier molecular flexibility index (Phi) is 5.20. The molecule has 0 aliphatic carbocycles. The highest BCUT2D eigenvalue weighted by molar-refractivity contribution is 5.93. The maximum Gasteiger partial charge on any atom is 0.274 e. The number of nitrogens with zero attached hydrogens (tertiary/aromatic N) is 2. The number of carbonyl (C=O) groups is 1. The van der Waals surface area contributed by atoms with Crippen LogP contribution in [0.25, 0.3) is 0 Å². The molecule has 0 saturated heterocycles. The quantitative estimate of drug-likeness (QED) is 0.649. The number of amides is 1. The summed E-state index contributed by atoms with van der Waals surface area (Å²) in [5.74, 6) is -2.11. The van der Waals surface area contributed by atoms with Crippen LogP contribution in [0.3, 0.4) is 0 Å². The second kappa shape index (κ2) is 7.14. The van der Waals surface area contributed by atoms with E-state index in [0.29, 0.717) is 5.56 Å². The van der Waals surface area contributed by atoms with Crippen molar-refractivity contribution in [2.45, 2.75) is 13.1 Å². The number of hydrogen-bond acceptors (Lipinski definition) is 4. The molecule has 0 aromatic heterocycles. The number of hydrogen-bond donors (Lipinski definition) is 1. The lowest BCUT2D eigenvalue weighted by Gasteiger charge is -2.17. The summed E-state index contributed by atoms with van der Waals surface area (Å²) in [5.41, 5.74) is 5.55. The van der Waals surface area contributed by atoms with E-state index in [0.717, 1.165) is 18.2 Å². The molecule has 1 amide bonds. The van der Waals surface area contributed by atoms with Crippen LogP contribution >= 0.6 is 0 Å². The molecule has 126 valence electrons. The highest BCUT2D eigenvalue weighted by atomic mass is 19.1. The number of halogens is 2. The predicted molar refractivity (Wildman–Crippen MR) is 83.1 cm³/mol. The second-order valence-electron chi connectivity index (χ2n) is 5.37. The van der Waals surface area contributed by atoms with E-state index in [4.69, 9.17) is 5.73 Å². The minimum Gasteiger partial charge on any atom is -0.366 e. The smallest absolute Gasteiger partial charge is 0.274 e. The lowest BCUT2D eigenvalue weighted by molar-refractivity contribution is -0.385. The van der Waals surface area contributed by atoms with Crippen molar-refractivity contribution in [2.75, 3.05) is 7.05 Å². The van der Waals surface area contributed by atoms with E-state index in [2.05, 4.69) is 0 Å². The minimum absolute atomic E-state index is 0.0395. The Balaban J connectivity index is 2.20. The molecule has 0 atom stereocenters. The maximum absolute atomic E-state index is 13.7. The summed E-state index contributed by atoms with van der Waals surface area (Å²) in [6.07, 6.45) is 0. The number of benzene rings is 2. The number of carbonyl (C=O) groups excluding carboxylic acids is 1. The van der Waals surface area contributed by atoms with Gasteiger partial charge in [-0.05, 0) is 19.2 Å². The highest BCUT2D eigenvalue weighted by Crippen LogP contribution is 2.22. The molecule has 0 radical (unpaired) electrons. The summed E-state index contributed by atoms with van der Waals surface area (Å²) >= 11 is 0. The van der Waals surface area contributed by atoms with Gasteiger partial charge in [-0.25, -0.2) is 8.78 Å². The molecule has 0 fully saturated rings. The van der Waals surface area contributed by atoms with E-state index >= 15 is 0 Å². The fourth-order valence-corrected chi connectivity index (χ4v) is 2.31. The largest absolute Gasteiger partial charge is 0.366 e. The Hall–Kier alpha value is -2.87. The van der Waals surface area contributed by atoms with Gasteiger partial charge in [0.25, 0.3) is 5.69 Å². The first kappa shape index (κ1) is 17.5. The Morgan fingerprint density at radius 2 is 1.79 bits per heavy atom.